The molecule has 30 heavy (non-hydrogen) atoms. The highest BCUT2D eigenvalue weighted by Crippen LogP contribution is 2.38. The van der Waals surface area contributed by atoms with Gasteiger partial charge in [-0.3, -0.25) is 4.79 Å². The third kappa shape index (κ3) is 4.40. The summed E-state index contributed by atoms with van der Waals surface area (Å²) < 4.78 is 32.5. The Hall–Kier alpha value is -2.31. The lowest BCUT2D eigenvalue weighted by Gasteiger charge is -2.42. The van der Waals surface area contributed by atoms with Crippen LogP contribution in [0.4, 0.5) is 8.78 Å². The molecule has 2 aromatic carbocycles. The molecule has 2 saturated heterocycles. The first kappa shape index (κ1) is 20.9. The number of carbonyl (C=O) groups is 1. The van der Waals surface area contributed by atoms with E-state index in [9.17, 15) is 18.7 Å². The van der Waals surface area contributed by atoms with Crippen LogP contribution in [0, 0.1) is 17.0 Å². The number of aliphatic hydroxyl groups is 1. The molecule has 2 aliphatic heterocycles. The second kappa shape index (κ2) is 8.82. The van der Waals surface area contributed by atoms with E-state index < -0.39 is 23.2 Å². The highest BCUT2D eigenvalue weighted by atomic mass is 19.2. The van der Waals surface area contributed by atoms with Crippen molar-refractivity contribution < 1.29 is 23.4 Å². The average Bonchev–Trinajstić information content (AvgIpc) is 2.76. The summed E-state index contributed by atoms with van der Waals surface area (Å²) in [6.07, 6.45) is 2.90. The van der Waals surface area contributed by atoms with Crippen molar-refractivity contribution in [1.29, 1.82) is 0 Å². The number of amides is 1. The summed E-state index contributed by atoms with van der Waals surface area (Å²) in [6, 6.07) is 11.5. The standard InChI is InChI=1S/C24H27F2NO3/c25-21-7-6-19(14-22(21)26)18-4-1-3-17(13-18)15-24(8-11-30-12-9-24)23(29)27-10-2-5-20(28)16-27/h1,3-4,6-7,13-14,20,28H,2,5,8-12,15-16H2. The molecule has 0 radical (unpaired) electrons. The molecule has 4 nitrogen and oxygen atoms in total. The van der Waals surface area contributed by atoms with Gasteiger partial charge in [0, 0.05) is 26.3 Å². The number of halogens is 2. The van der Waals surface area contributed by atoms with Crippen LogP contribution in [0.2, 0.25) is 0 Å². The minimum atomic E-state index is -0.877. The molecular formula is C24H27F2NO3. The average molecular weight is 415 g/mol. The van der Waals surface area contributed by atoms with Crippen molar-refractivity contribution in [3.05, 3.63) is 59.7 Å². The van der Waals surface area contributed by atoms with Gasteiger partial charge in [0.15, 0.2) is 11.6 Å². The van der Waals surface area contributed by atoms with E-state index in [1.807, 2.05) is 24.3 Å². The van der Waals surface area contributed by atoms with E-state index in [4.69, 9.17) is 4.74 Å². The second-order valence-electron chi connectivity index (χ2n) is 8.45. The molecular weight excluding hydrogens is 388 g/mol. The quantitative estimate of drug-likeness (QED) is 0.823. The summed E-state index contributed by atoms with van der Waals surface area (Å²) in [5.41, 5.74) is 1.80. The third-order valence-electron chi connectivity index (χ3n) is 6.31. The van der Waals surface area contributed by atoms with Crippen molar-refractivity contribution in [2.24, 2.45) is 5.41 Å². The minimum Gasteiger partial charge on any atom is -0.391 e. The number of benzene rings is 2. The Bertz CT molecular complexity index is 911. The van der Waals surface area contributed by atoms with Gasteiger partial charge in [-0.1, -0.05) is 30.3 Å². The molecule has 0 aromatic heterocycles. The summed E-state index contributed by atoms with van der Waals surface area (Å²) in [7, 11) is 0. The van der Waals surface area contributed by atoms with Crippen LogP contribution in [0.15, 0.2) is 42.5 Å². The second-order valence-corrected chi connectivity index (χ2v) is 8.45. The van der Waals surface area contributed by atoms with E-state index in [1.54, 1.807) is 11.0 Å². The Morgan fingerprint density at radius 3 is 2.60 bits per heavy atom. The molecule has 0 spiro atoms. The summed E-state index contributed by atoms with van der Waals surface area (Å²) in [5.74, 6) is -1.66. The number of rotatable bonds is 4. The van der Waals surface area contributed by atoms with Crippen molar-refractivity contribution >= 4 is 5.91 Å². The lowest BCUT2D eigenvalue weighted by atomic mass is 9.73. The smallest absolute Gasteiger partial charge is 0.229 e. The fourth-order valence-electron chi connectivity index (χ4n) is 4.63. The summed E-state index contributed by atoms with van der Waals surface area (Å²) >= 11 is 0. The zero-order valence-electron chi connectivity index (χ0n) is 16.9. The molecule has 1 unspecified atom stereocenters. The van der Waals surface area contributed by atoms with Gasteiger partial charge in [-0.15, -0.1) is 0 Å². The van der Waals surface area contributed by atoms with Crippen molar-refractivity contribution in [3.8, 4) is 11.1 Å². The van der Waals surface area contributed by atoms with Crippen molar-refractivity contribution in [2.45, 2.75) is 38.2 Å². The molecule has 0 aliphatic carbocycles. The number of hydrogen-bond acceptors (Lipinski definition) is 3. The molecule has 6 heteroatoms. The van der Waals surface area contributed by atoms with Crippen molar-refractivity contribution in [2.75, 3.05) is 26.3 Å². The summed E-state index contributed by atoms with van der Waals surface area (Å²) in [5, 5.41) is 10.0. The van der Waals surface area contributed by atoms with Gasteiger partial charge < -0.3 is 14.7 Å². The van der Waals surface area contributed by atoms with Crippen LogP contribution in [0.3, 0.4) is 0 Å². The van der Waals surface area contributed by atoms with Gasteiger partial charge in [0.2, 0.25) is 5.91 Å². The fourth-order valence-corrected chi connectivity index (χ4v) is 4.63. The van der Waals surface area contributed by atoms with Crippen LogP contribution < -0.4 is 0 Å². The number of hydrogen-bond donors (Lipinski definition) is 1. The molecule has 1 amide bonds. The minimum absolute atomic E-state index is 0.0859. The van der Waals surface area contributed by atoms with Gasteiger partial charge in [-0.2, -0.15) is 0 Å². The van der Waals surface area contributed by atoms with Gasteiger partial charge >= 0.3 is 0 Å². The lowest BCUT2D eigenvalue weighted by molar-refractivity contribution is -0.151. The highest BCUT2D eigenvalue weighted by Gasteiger charge is 2.43. The largest absolute Gasteiger partial charge is 0.391 e. The molecule has 4 rings (SSSR count). The molecule has 1 atom stereocenters. The number of ether oxygens (including phenoxy) is 1. The number of piperidine rings is 1. The van der Waals surface area contributed by atoms with Gasteiger partial charge in [-0.05, 0) is 60.9 Å². The fraction of sp³-hybridized carbons (Fsp3) is 0.458. The highest BCUT2D eigenvalue weighted by molar-refractivity contribution is 5.83. The summed E-state index contributed by atoms with van der Waals surface area (Å²) in [6.45, 7) is 2.12. The van der Waals surface area contributed by atoms with E-state index in [2.05, 4.69) is 0 Å². The van der Waals surface area contributed by atoms with Crippen molar-refractivity contribution in [3.63, 3.8) is 0 Å². The van der Waals surface area contributed by atoms with Crippen LogP contribution in [-0.4, -0.2) is 48.3 Å². The molecule has 2 fully saturated rings. The van der Waals surface area contributed by atoms with E-state index in [0.29, 0.717) is 51.1 Å². The molecule has 1 N–H and O–H groups in total. The number of aliphatic hydroxyl groups excluding tert-OH is 1. The Morgan fingerprint density at radius 2 is 1.87 bits per heavy atom. The molecule has 0 bridgehead atoms. The zero-order valence-corrected chi connectivity index (χ0v) is 16.9. The Morgan fingerprint density at radius 1 is 1.10 bits per heavy atom. The van der Waals surface area contributed by atoms with Gasteiger partial charge in [0.05, 0.1) is 11.5 Å². The normalized spacial score (nSPS) is 21.4. The first-order valence-corrected chi connectivity index (χ1v) is 10.6. The number of β-amino-alcohol motifs (C(OH)–C–C–N with tert-alkyl or cyclic N) is 1. The maximum Gasteiger partial charge on any atom is 0.229 e. The first-order chi connectivity index (χ1) is 14.5. The first-order valence-electron chi connectivity index (χ1n) is 10.6. The van der Waals surface area contributed by atoms with Crippen LogP contribution in [0.5, 0.6) is 0 Å². The van der Waals surface area contributed by atoms with Gasteiger partial charge in [0.25, 0.3) is 0 Å². The number of likely N-dealkylation sites (tertiary alicyclic amines) is 1. The zero-order chi connectivity index (χ0) is 21.1. The predicted octanol–water partition coefficient (Wildman–Crippen LogP) is 3.95. The Kier molecular flexibility index (Phi) is 6.16. The Balaban J connectivity index is 1.60. The molecule has 0 saturated carbocycles. The maximum atomic E-state index is 13.7. The topological polar surface area (TPSA) is 49.8 Å². The van der Waals surface area contributed by atoms with Gasteiger partial charge in [0.1, 0.15) is 0 Å². The van der Waals surface area contributed by atoms with Crippen LogP contribution in [0.25, 0.3) is 11.1 Å². The van der Waals surface area contributed by atoms with Crippen LogP contribution in [-0.2, 0) is 16.0 Å². The summed E-state index contributed by atoms with van der Waals surface area (Å²) in [4.78, 5) is 15.3. The van der Waals surface area contributed by atoms with E-state index in [0.717, 1.165) is 30.0 Å². The maximum absolute atomic E-state index is 13.7. The molecule has 2 aliphatic rings. The van der Waals surface area contributed by atoms with E-state index in [-0.39, 0.29) is 5.91 Å². The monoisotopic (exact) mass is 415 g/mol. The third-order valence-corrected chi connectivity index (χ3v) is 6.31. The lowest BCUT2D eigenvalue weighted by Crippen LogP contribution is -2.52. The van der Waals surface area contributed by atoms with E-state index >= 15 is 0 Å². The van der Waals surface area contributed by atoms with Gasteiger partial charge in [-0.25, -0.2) is 8.78 Å². The molecule has 2 aromatic rings. The SMILES string of the molecule is O=C(N1CCCC(O)C1)C1(Cc2cccc(-c3ccc(F)c(F)c3)c2)CCOCC1. The number of carbonyl (C=O) groups excluding carboxylic acids is 1. The van der Waals surface area contributed by atoms with Crippen molar-refractivity contribution in [1.82, 2.24) is 4.90 Å². The molecule has 2 heterocycles. The number of nitrogens with zero attached hydrogens (tertiary/aromatic N) is 1. The van der Waals surface area contributed by atoms with E-state index in [1.165, 1.54) is 6.07 Å². The Labute approximate surface area is 175 Å². The molecule has 160 valence electrons. The van der Waals surface area contributed by atoms with Crippen LogP contribution in [0.1, 0.15) is 31.2 Å². The predicted molar refractivity (Wildman–Crippen MR) is 110 cm³/mol. The van der Waals surface area contributed by atoms with Crippen LogP contribution >= 0.6 is 0 Å².